The normalized spacial score (nSPS) is 22.6. The van der Waals surface area contributed by atoms with Crippen molar-refractivity contribution in [1.82, 2.24) is 15.7 Å². The van der Waals surface area contributed by atoms with Gasteiger partial charge in [-0.05, 0) is 38.5 Å². The van der Waals surface area contributed by atoms with Crippen LogP contribution >= 0.6 is 0 Å². The van der Waals surface area contributed by atoms with E-state index in [0.717, 1.165) is 31.8 Å². The van der Waals surface area contributed by atoms with Crippen LogP contribution in [0, 0.1) is 5.92 Å². The van der Waals surface area contributed by atoms with Gasteiger partial charge in [0.2, 0.25) is 0 Å². The molecule has 1 saturated carbocycles. The average Bonchev–Trinajstić information content (AvgIpc) is 2.48. The van der Waals surface area contributed by atoms with Gasteiger partial charge >= 0.3 is 6.03 Å². The van der Waals surface area contributed by atoms with Crippen molar-refractivity contribution in [3.05, 3.63) is 0 Å². The van der Waals surface area contributed by atoms with Gasteiger partial charge in [0.1, 0.15) is 0 Å². The molecule has 0 aromatic heterocycles. The zero-order valence-corrected chi connectivity index (χ0v) is 12.7. The van der Waals surface area contributed by atoms with Crippen LogP contribution in [0.3, 0.4) is 0 Å². The second-order valence-corrected chi connectivity index (χ2v) is 6.09. The zero-order chi connectivity index (χ0) is 14.2. The van der Waals surface area contributed by atoms with Crippen molar-refractivity contribution in [3.63, 3.8) is 0 Å². The summed E-state index contributed by atoms with van der Waals surface area (Å²) in [7, 11) is 0. The quantitative estimate of drug-likeness (QED) is 0.761. The molecule has 2 aliphatic rings. The van der Waals surface area contributed by atoms with Crippen molar-refractivity contribution in [2.45, 2.75) is 57.9 Å². The average molecular weight is 283 g/mol. The molecule has 116 valence electrons. The maximum Gasteiger partial charge on any atom is 0.338 e. The van der Waals surface area contributed by atoms with Crippen molar-refractivity contribution in [1.29, 1.82) is 0 Å². The van der Waals surface area contributed by atoms with E-state index in [2.05, 4.69) is 15.7 Å². The summed E-state index contributed by atoms with van der Waals surface area (Å²) in [4.78, 5) is 19.0. The SMILES string of the molecule is CCONC(=O)NC1CCN(CC2CCCCC2)CC1. The Morgan fingerprint density at radius 3 is 2.50 bits per heavy atom. The molecule has 1 heterocycles. The summed E-state index contributed by atoms with van der Waals surface area (Å²) in [5.74, 6) is 0.912. The van der Waals surface area contributed by atoms with Crippen LogP contribution in [0.5, 0.6) is 0 Å². The highest BCUT2D eigenvalue weighted by atomic mass is 16.7. The lowest BCUT2D eigenvalue weighted by Gasteiger charge is -2.35. The number of urea groups is 1. The summed E-state index contributed by atoms with van der Waals surface area (Å²) in [6.07, 6.45) is 9.18. The standard InChI is InChI=1S/C15H29N3O2/c1-2-20-17-15(19)16-14-8-10-18(11-9-14)12-13-6-4-3-5-7-13/h13-14H,2-12H2,1H3,(H2,16,17,19). The third kappa shape index (κ3) is 5.29. The first kappa shape index (κ1) is 15.6. The first-order valence-electron chi connectivity index (χ1n) is 8.18. The maximum absolute atomic E-state index is 11.5. The minimum atomic E-state index is -0.211. The van der Waals surface area contributed by atoms with E-state index in [1.807, 2.05) is 6.92 Å². The number of nitrogens with zero attached hydrogens (tertiary/aromatic N) is 1. The van der Waals surface area contributed by atoms with Gasteiger partial charge in [0.15, 0.2) is 0 Å². The van der Waals surface area contributed by atoms with Gasteiger partial charge in [-0.3, -0.25) is 4.84 Å². The predicted molar refractivity (Wildman–Crippen MR) is 79.3 cm³/mol. The van der Waals surface area contributed by atoms with E-state index < -0.39 is 0 Å². The Hall–Kier alpha value is -0.810. The third-order valence-corrected chi connectivity index (χ3v) is 4.47. The number of carbonyl (C=O) groups excluding carboxylic acids is 1. The third-order valence-electron chi connectivity index (χ3n) is 4.47. The second kappa shape index (κ2) is 8.47. The van der Waals surface area contributed by atoms with E-state index in [-0.39, 0.29) is 12.1 Å². The topological polar surface area (TPSA) is 53.6 Å². The molecule has 0 radical (unpaired) electrons. The monoisotopic (exact) mass is 283 g/mol. The van der Waals surface area contributed by atoms with E-state index in [1.165, 1.54) is 38.6 Å². The lowest BCUT2D eigenvalue weighted by molar-refractivity contribution is 0.0676. The molecule has 1 saturated heterocycles. The van der Waals surface area contributed by atoms with E-state index in [9.17, 15) is 4.79 Å². The maximum atomic E-state index is 11.5. The van der Waals surface area contributed by atoms with Gasteiger partial charge < -0.3 is 10.2 Å². The fraction of sp³-hybridized carbons (Fsp3) is 0.933. The Morgan fingerprint density at radius 1 is 1.15 bits per heavy atom. The number of nitrogens with one attached hydrogen (secondary N) is 2. The predicted octanol–water partition coefficient (Wildman–Crippen LogP) is 2.28. The Bertz CT molecular complexity index is 285. The number of carbonyl (C=O) groups is 1. The Balaban J connectivity index is 1.60. The van der Waals surface area contributed by atoms with Crippen LogP contribution in [-0.4, -0.2) is 43.2 Å². The van der Waals surface area contributed by atoms with Crippen LogP contribution in [0.2, 0.25) is 0 Å². The summed E-state index contributed by atoms with van der Waals surface area (Å²) in [6, 6.07) is 0.0793. The molecule has 0 aromatic carbocycles. The van der Waals surface area contributed by atoms with E-state index >= 15 is 0 Å². The van der Waals surface area contributed by atoms with Crippen molar-refractivity contribution < 1.29 is 9.63 Å². The molecule has 1 aliphatic heterocycles. The molecule has 0 bridgehead atoms. The number of hydrogen-bond donors (Lipinski definition) is 2. The fourth-order valence-corrected chi connectivity index (χ4v) is 3.35. The van der Waals surface area contributed by atoms with E-state index in [4.69, 9.17) is 4.84 Å². The van der Waals surface area contributed by atoms with Crippen molar-refractivity contribution in [2.75, 3.05) is 26.2 Å². The van der Waals surface area contributed by atoms with Crippen molar-refractivity contribution >= 4 is 6.03 Å². The summed E-state index contributed by atoms with van der Waals surface area (Å²) < 4.78 is 0. The van der Waals surface area contributed by atoms with Crippen LogP contribution in [0.15, 0.2) is 0 Å². The number of likely N-dealkylation sites (tertiary alicyclic amines) is 1. The number of hydroxylamine groups is 1. The Labute approximate surface area is 122 Å². The molecular weight excluding hydrogens is 254 g/mol. The molecule has 1 aliphatic carbocycles. The molecule has 2 rings (SSSR count). The first-order valence-corrected chi connectivity index (χ1v) is 8.18. The summed E-state index contributed by atoms with van der Waals surface area (Å²) in [6.45, 7) is 5.82. The molecule has 2 N–H and O–H groups in total. The zero-order valence-electron chi connectivity index (χ0n) is 12.7. The van der Waals surface area contributed by atoms with Crippen LogP contribution in [0.25, 0.3) is 0 Å². The first-order chi connectivity index (χ1) is 9.78. The molecule has 2 amide bonds. The van der Waals surface area contributed by atoms with Crippen LogP contribution in [0.1, 0.15) is 51.9 Å². The van der Waals surface area contributed by atoms with Crippen LogP contribution in [-0.2, 0) is 4.84 Å². The largest absolute Gasteiger partial charge is 0.338 e. The van der Waals surface area contributed by atoms with E-state index in [0.29, 0.717) is 6.61 Å². The molecule has 5 nitrogen and oxygen atoms in total. The highest BCUT2D eigenvalue weighted by Crippen LogP contribution is 2.25. The van der Waals surface area contributed by atoms with Gasteiger partial charge in [0.05, 0.1) is 6.61 Å². The molecule has 20 heavy (non-hydrogen) atoms. The lowest BCUT2D eigenvalue weighted by atomic mass is 9.88. The van der Waals surface area contributed by atoms with Gasteiger partial charge in [-0.15, -0.1) is 0 Å². The lowest BCUT2D eigenvalue weighted by Crippen LogP contribution is -2.48. The van der Waals surface area contributed by atoms with Crippen LogP contribution < -0.4 is 10.8 Å². The van der Waals surface area contributed by atoms with Gasteiger partial charge in [-0.25, -0.2) is 10.3 Å². The van der Waals surface area contributed by atoms with Gasteiger partial charge in [0.25, 0.3) is 0 Å². The molecule has 0 aromatic rings. The molecule has 0 spiro atoms. The second-order valence-electron chi connectivity index (χ2n) is 6.09. The number of rotatable bonds is 5. The van der Waals surface area contributed by atoms with Gasteiger partial charge in [-0.2, -0.15) is 0 Å². The Kier molecular flexibility index (Phi) is 6.60. The highest BCUT2D eigenvalue weighted by molar-refractivity contribution is 5.73. The van der Waals surface area contributed by atoms with Crippen molar-refractivity contribution in [2.24, 2.45) is 5.92 Å². The molecule has 5 heteroatoms. The molecule has 0 atom stereocenters. The summed E-state index contributed by atoms with van der Waals surface area (Å²) >= 11 is 0. The molecular formula is C15H29N3O2. The highest BCUT2D eigenvalue weighted by Gasteiger charge is 2.23. The number of piperidine rings is 1. The number of amides is 2. The fourth-order valence-electron chi connectivity index (χ4n) is 3.35. The smallest absolute Gasteiger partial charge is 0.334 e. The minimum absolute atomic E-state index is 0.211. The number of hydrogen-bond acceptors (Lipinski definition) is 3. The summed E-state index contributed by atoms with van der Waals surface area (Å²) in [5.41, 5.74) is 2.39. The summed E-state index contributed by atoms with van der Waals surface area (Å²) in [5, 5.41) is 2.98. The van der Waals surface area contributed by atoms with Crippen LogP contribution in [0.4, 0.5) is 4.79 Å². The molecule has 2 fully saturated rings. The minimum Gasteiger partial charge on any atom is -0.334 e. The van der Waals surface area contributed by atoms with Crippen molar-refractivity contribution in [3.8, 4) is 0 Å². The van der Waals surface area contributed by atoms with Gasteiger partial charge in [0, 0.05) is 25.7 Å². The van der Waals surface area contributed by atoms with E-state index in [1.54, 1.807) is 0 Å². The Morgan fingerprint density at radius 2 is 1.85 bits per heavy atom. The molecule has 0 unspecified atom stereocenters. The van der Waals surface area contributed by atoms with Gasteiger partial charge in [-0.1, -0.05) is 19.3 Å².